The van der Waals surface area contributed by atoms with Crippen molar-refractivity contribution in [3.63, 3.8) is 0 Å². The highest BCUT2D eigenvalue weighted by molar-refractivity contribution is 5.94. The van der Waals surface area contributed by atoms with Crippen molar-refractivity contribution in [1.82, 2.24) is 29.9 Å². The molecule has 1 aromatic carbocycles. The topological polar surface area (TPSA) is 105 Å². The maximum absolute atomic E-state index is 12.1. The van der Waals surface area contributed by atoms with E-state index in [9.17, 15) is 5.11 Å². The predicted octanol–water partition coefficient (Wildman–Crippen LogP) is 4.02. The lowest BCUT2D eigenvalue weighted by atomic mass is 9.75. The van der Waals surface area contributed by atoms with E-state index >= 15 is 0 Å². The molecule has 34 heavy (non-hydrogen) atoms. The molecule has 172 valence electrons. The number of benzene rings is 1. The van der Waals surface area contributed by atoms with Gasteiger partial charge in [0.2, 0.25) is 0 Å². The molecule has 1 saturated heterocycles. The van der Waals surface area contributed by atoms with Crippen molar-refractivity contribution in [3.05, 3.63) is 78.5 Å². The first-order valence-electron chi connectivity index (χ1n) is 11.5. The van der Waals surface area contributed by atoms with E-state index in [1.807, 2.05) is 68.2 Å². The molecule has 8 nitrogen and oxygen atoms in total. The van der Waals surface area contributed by atoms with Crippen molar-refractivity contribution < 1.29 is 9.84 Å². The molecule has 0 amide bonds. The summed E-state index contributed by atoms with van der Waals surface area (Å²) in [6.45, 7) is 1.29. The van der Waals surface area contributed by atoms with Gasteiger partial charge in [0.15, 0.2) is 0 Å². The van der Waals surface area contributed by atoms with E-state index in [-0.39, 0.29) is 5.92 Å². The molecule has 1 aliphatic heterocycles. The number of aromatic amines is 2. The van der Waals surface area contributed by atoms with E-state index < -0.39 is 5.60 Å². The van der Waals surface area contributed by atoms with Gasteiger partial charge < -0.3 is 14.8 Å². The molecule has 0 bridgehead atoms. The quantitative estimate of drug-likeness (QED) is 0.372. The minimum atomic E-state index is -1.18. The molecule has 5 heterocycles. The third kappa shape index (κ3) is 3.43. The molecular weight excluding hydrogens is 428 g/mol. The summed E-state index contributed by atoms with van der Waals surface area (Å²) in [5.41, 5.74) is 4.83. The third-order valence-corrected chi connectivity index (χ3v) is 6.86. The fourth-order valence-corrected chi connectivity index (χ4v) is 5.02. The fraction of sp³-hybridized carbons (Fsp3) is 0.269. The number of hydrogen-bond acceptors (Lipinski definition) is 5. The Balaban J connectivity index is 1.43. The van der Waals surface area contributed by atoms with Crippen LogP contribution in [0.25, 0.3) is 33.4 Å². The first-order valence-corrected chi connectivity index (χ1v) is 11.5. The number of aliphatic hydroxyl groups is 1. The van der Waals surface area contributed by atoms with Gasteiger partial charge in [-0.25, -0.2) is 4.98 Å². The van der Waals surface area contributed by atoms with Crippen LogP contribution in [0.2, 0.25) is 0 Å². The Hall–Kier alpha value is -3.75. The Morgan fingerprint density at radius 2 is 1.91 bits per heavy atom. The predicted molar refractivity (Wildman–Crippen MR) is 129 cm³/mol. The summed E-state index contributed by atoms with van der Waals surface area (Å²) in [5, 5.41) is 25.2. The fourth-order valence-electron chi connectivity index (χ4n) is 5.02. The summed E-state index contributed by atoms with van der Waals surface area (Å²) < 4.78 is 7.35. The lowest BCUT2D eigenvalue weighted by Crippen LogP contribution is -2.40. The van der Waals surface area contributed by atoms with Crippen LogP contribution in [0, 0.1) is 5.92 Å². The second-order valence-electron chi connectivity index (χ2n) is 8.91. The number of aromatic nitrogens is 6. The average Bonchev–Trinajstić information content (AvgIpc) is 3.64. The van der Waals surface area contributed by atoms with Crippen molar-refractivity contribution in [2.24, 2.45) is 13.0 Å². The number of H-pyrrole nitrogens is 2. The Kier molecular flexibility index (Phi) is 5.04. The molecule has 1 unspecified atom stereocenters. The molecule has 4 aromatic heterocycles. The van der Waals surface area contributed by atoms with Gasteiger partial charge in [0, 0.05) is 66.8 Å². The molecule has 0 spiro atoms. The van der Waals surface area contributed by atoms with Crippen molar-refractivity contribution in [3.8, 4) is 22.4 Å². The van der Waals surface area contributed by atoms with E-state index in [1.165, 1.54) is 0 Å². The molecule has 0 saturated carbocycles. The molecule has 1 atom stereocenters. The number of aryl methyl sites for hydroxylation is 1. The lowest BCUT2D eigenvalue weighted by molar-refractivity contribution is -0.0456. The van der Waals surface area contributed by atoms with Gasteiger partial charge in [-0.15, -0.1) is 0 Å². The van der Waals surface area contributed by atoms with Gasteiger partial charge >= 0.3 is 0 Å². The minimum absolute atomic E-state index is 0.0266. The molecule has 0 aliphatic carbocycles. The Labute approximate surface area is 196 Å². The molecule has 5 aromatic rings. The molecule has 1 fully saturated rings. The summed E-state index contributed by atoms with van der Waals surface area (Å²) in [6.07, 6.45) is 9.12. The number of fused-ring (bicyclic) bond motifs is 1. The van der Waals surface area contributed by atoms with Gasteiger partial charge in [0.25, 0.3) is 0 Å². The summed E-state index contributed by atoms with van der Waals surface area (Å²) in [5.74, 6) is 0.0266. The van der Waals surface area contributed by atoms with Crippen LogP contribution in [0.5, 0.6) is 0 Å². The summed E-state index contributed by atoms with van der Waals surface area (Å²) in [4.78, 5) is 7.84. The smallest absolute Gasteiger partial charge is 0.137 e. The van der Waals surface area contributed by atoms with Gasteiger partial charge in [0.05, 0.1) is 17.6 Å². The Morgan fingerprint density at radius 1 is 1.09 bits per heavy atom. The number of pyridine rings is 1. The first-order chi connectivity index (χ1) is 16.6. The van der Waals surface area contributed by atoms with Gasteiger partial charge in [-0.2, -0.15) is 10.2 Å². The van der Waals surface area contributed by atoms with Crippen molar-refractivity contribution in [2.45, 2.75) is 18.4 Å². The maximum Gasteiger partial charge on any atom is 0.137 e. The van der Waals surface area contributed by atoms with Crippen LogP contribution >= 0.6 is 0 Å². The molecular formula is C26H26N6O2. The normalized spacial score (nSPS) is 16.6. The first kappa shape index (κ1) is 20.8. The van der Waals surface area contributed by atoms with Crippen LogP contribution < -0.4 is 0 Å². The standard InChI is InChI=1S/C26H26N6O2/c1-32-16-18(14-29-32)17-11-21-22(15-28-25(21)27-13-17)23-12-24(31-30-23)26(33,19-5-3-2-4-6-19)20-7-9-34-10-8-20/h2-6,11-16,20,33H,7-10H2,1H3,(H,27,28)(H,30,31). The Bertz CT molecular complexity index is 1430. The van der Waals surface area contributed by atoms with E-state index in [0.29, 0.717) is 18.9 Å². The van der Waals surface area contributed by atoms with Crippen molar-refractivity contribution in [1.29, 1.82) is 0 Å². The number of nitrogens with one attached hydrogen (secondary N) is 2. The highest BCUT2D eigenvalue weighted by Gasteiger charge is 2.42. The number of ether oxygens (including phenoxy) is 1. The number of nitrogens with zero attached hydrogens (tertiary/aromatic N) is 4. The van der Waals surface area contributed by atoms with Crippen LogP contribution in [0.1, 0.15) is 24.1 Å². The van der Waals surface area contributed by atoms with E-state index in [0.717, 1.165) is 51.8 Å². The number of rotatable bonds is 5. The van der Waals surface area contributed by atoms with E-state index in [4.69, 9.17) is 4.74 Å². The largest absolute Gasteiger partial charge is 0.381 e. The maximum atomic E-state index is 12.1. The zero-order chi connectivity index (χ0) is 23.1. The van der Waals surface area contributed by atoms with Crippen molar-refractivity contribution >= 4 is 11.0 Å². The second-order valence-corrected chi connectivity index (χ2v) is 8.91. The lowest BCUT2D eigenvalue weighted by Gasteiger charge is -2.38. The molecule has 1 aliphatic rings. The van der Waals surface area contributed by atoms with Crippen LogP contribution in [0.15, 0.2) is 67.3 Å². The second kappa shape index (κ2) is 8.23. The van der Waals surface area contributed by atoms with E-state index in [2.05, 4.69) is 31.3 Å². The summed E-state index contributed by atoms with van der Waals surface area (Å²) >= 11 is 0. The minimum Gasteiger partial charge on any atom is -0.381 e. The molecule has 0 radical (unpaired) electrons. The van der Waals surface area contributed by atoms with Crippen molar-refractivity contribution in [2.75, 3.05) is 13.2 Å². The van der Waals surface area contributed by atoms with Gasteiger partial charge in [-0.05, 0) is 30.5 Å². The Morgan fingerprint density at radius 3 is 2.68 bits per heavy atom. The van der Waals surface area contributed by atoms with Gasteiger partial charge in [0.1, 0.15) is 11.2 Å². The third-order valence-electron chi connectivity index (χ3n) is 6.86. The summed E-state index contributed by atoms with van der Waals surface area (Å²) in [7, 11) is 1.90. The van der Waals surface area contributed by atoms with Gasteiger partial charge in [-0.1, -0.05) is 30.3 Å². The van der Waals surface area contributed by atoms with Crippen LogP contribution in [0.4, 0.5) is 0 Å². The summed E-state index contributed by atoms with van der Waals surface area (Å²) in [6, 6.07) is 13.9. The van der Waals surface area contributed by atoms with Gasteiger partial charge in [-0.3, -0.25) is 9.78 Å². The monoisotopic (exact) mass is 454 g/mol. The SMILES string of the molecule is Cn1cc(-c2cnc3[nH]cc(-c4cc(C(O)(c5ccccc5)C5CCOCC5)[nH]n4)c3c2)cn1. The van der Waals surface area contributed by atoms with E-state index in [1.54, 1.807) is 4.68 Å². The zero-order valence-corrected chi connectivity index (χ0v) is 18.9. The van der Waals surface area contributed by atoms with Crippen LogP contribution in [0.3, 0.4) is 0 Å². The highest BCUT2D eigenvalue weighted by Crippen LogP contribution is 2.42. The number of hydrogen-bond donors (Lipinski definition) is 3. The highest BCUT2D eigenvalue weighted by atomic mass is 16.5. The zero-order valence-electron chi connectivity index (χ0n) is 18.9. The van der Waals surface area contributed by atoms with Crippen LogP contribution in [-0.2, 0) is 17.4 Å². The molecule has 3 N–H and O–H groups in total. The molecule has 8 heteroatoms. The molecule has 6 rings (SSSR count). The van der Waals surface area contributed by atoms with Crippen LogP contribution in [-0.4, -0.2) is 48.3 Å². The average molecular weight is 455 g/mol.